The van der Waals surface area contributed by atoms with E-state index in [1.807, 2.05) is 36.4 Å². The highest BCUT2D eigenvalue weighted by Crippen LogP contribution is 2.26. The van der Waals surface area contributed by atoms with Crippen molar-refractivity contribution in [2.45, 2.75) is 6.54 Å². The van der Waals surface area contributed by atoms with Gasteiger partial charge in [0.15, 0.2) is 11.5 Å². The number of nitrogens with zero attached hydrogens (tertiary/aromatic N) is 5. The van der Waals surface area contributed by atoms with E-state index >= 15 is 0 Å². The molecular weight excluding hydrogens is 352 g/mol. The maximum absolute atomic E-state index is 12.0. The predicted octanol–water partition coefficient (Wildman–Crippen LogP) is 2.65. The zero-order chi connectivity index (χ0) is 18.1. The average molecular weight is 367 g/mol. The number of carbonyl (C=O) groups is 1. The van der Waals surface area contributed by atoms with Crippen LogP contribution in [0.2, 0.25) is 5.02 Å². The largest absolute Gasteiger partial charge is 0.352 e. The summed E-state index contributed by atoms with van der Waals surface area (Å²) in [4.78, 5) is 20.9. The van der Waals surface area contributed by atoms with Gasteiger partial charge in [0, 0.05) is 36.2 Å². The van der Waals surface area contributed by atoms with E-state index in [4.69, 9.17) is 16.6 Å². The monoisotopic (exact) mass is 366 g/mol. The lowest BCUT2D eigenvalue weighted by molar-refractivity contribution is 0.0949. The lowest BCUT2D eigenvalue weighted by Gasteiger charge is -2.08. The van der Waals surface area contributed by atoms with Gasteiger partial charge in [-0.15, -0.1) is 0 Å². The quantitative estimate of drug-likeness (QED) is 0.602. The van der Waals surface area contributed by atoms with E-state index in [9.17, 15) is 4.79 Å². The van der Waals surface area contributed by atoms with Crippen molar-refractivity contribution in [2.24, 2.45) is 0 Å². The van der Waals surface area contributed by atoms with Gasteiger partial charge in [-0.1, -0.05) is 23.7 Å². The van der Waals surface area contributed by atoms with E-state index in [1.54, 1.807) is 34.7 Å². The van der Waals surface area contributed by atoms with Crippen molar-refractivity contribution < 1.29 is 4.79 Å². The Hall–Kier alpha value is -3.19. The van der Waals surface area contributed by atoms with Crippen molar-refractivity contribution in [3.8, 4) is 11.3 Å². The Morgan fingerprint density at radius 1 is 1.19 bits per heavy atom. The van der Waals surface area contributed by atoms with Crippen LogP contribution in [0.15, 0.2) is 55.0 Å². The number of carbonyl (C=O) groups excluding carboxylic acids is 1. The molecule has 0 unspecified atom stereocenters. The minimum Gasteiger partial charge on any atom is -0.352 e. The second-order valence-corrected chi connectivity index (χ2v) is 6.10. The highest BCUT2D eigenvalue weighted by atomic mass is 35.5. The van der Waals surface area contributed by atoms with Crippen LogP contribution in [0.5, 0.6) is 0 Å². The van der Waals surface area contributed by atoms with Gasteiger partial charge in [-0.3, -0.25) is 4.79 Å². The van der Waals surface area contributed by atoms with E-state index < -0.39 is 0 Å². The second kappa shape index (κ2) is 6.61. The molecule has 0 saturated heterocycles. The number of rotatable bonds is 4. The molecule has 0 fully saturated rings. The second-order valence-electron chi connectivity index (χ2n) is 5.67. The minimum absolute atomic E-state index is 0.246. The SMILES string of the molecule is CNC(=O)c1nccn1Cc1c(-c2ccc(Cl)cc2)nc2cccnn12. The topological polar surface area (TPSA) is 77.1 Å². The summed E-state index contributed by atoms with van der Waals surface area (Å²) in [6.45, 7) is 0.402. The molecular formula is C18H15ClN6O. The van der Waals surface area contributed by atoms with Gasteiger partial charge in [0.2, 0.25) is 0 Å². The Morgan fingerprint density at radius 3 is 2.77 bits per heavy atom. The minimum atomic E-state index is -0.246. The summed E-state index contributed by atoms with van der Waals surface area (Å²) >= 11 is 6.01. The van der Waals surface area contributed by atoms with Crippen LogP contribution >= 0.6 is 11.6 Å². The molecule has 130 valence electrons. The molecule has 0 aliphatic carbocycles. The molecule has 0 radical (unpaired) electrons. The van der Waals surface area contributed by atoms with Gasteiger partial charge in [-0.25, -0.2) is 14.5 Å². The third kappa shape index (κ3) is 2.82. The fraction of sp³-hybridized carbons (Fsp3) is 0.111. The Morgan fingerprint density at radius 2 is 2.00 bits per heavy atom. The fourth-order valence-electron chi connectivity index (χ4n) is 2.84. The summed E-state index contributed by atoms with van der Waals surface area (Å²) in [5.74, 6) is 0.0882. The first-order valence-corrected chi connectivity index (χ1v) is 8.37. The summed E-state index contributed by atoms with van der Waals surface area (Å²) in [5.41, 5.74) is 3.30. The van der Waals surface area contributed by atoms with E-state index in [-0.39, 0.29) is 5.91 Å². The van der Waals surface area contributed by atoms with Crippen LogP contribution < -0.4 is 5.32 Å². The van der Waals surface area contributed by atoms with Gasteiger partial charge in [-0.05, 0) is 24.3 Å². The van der Waals surface area contributed by atoms with E-state index in [0.29, 0.717) is 17.4 Å². The highest BCUT2D eigenvalue weighted by molar-refractivity contribution is 6.30. The lowest BCUT2D eigenvalue weighted by atomic mass is 10.1. The molecule has 8 heteroatoms. The van der Waals surface area contributed by atoms with Crippen LogP contribution in [-0.2, 0) is 6.54 Å². The summed E-state index contributed by atoms with van der Waals surface area (Å²) in [7, 11) is 1.58. The fourth-order valence-corrected chi connectivity index (χ4v) is 2.96. The van der Waals surface area contributed by atoms with Gasteiger partial charge in [0.25, 0.3) is 5.91 Å². The third-order valence-electron chi connectivity index (χ3n) is 4.07. The smallest absolute Gasteiger partial charge is 0.287 e. The Kier molecular flexibility index (Phi) is 4.14. The zero-order valence-electron chi connectivity index (χ0n) is 13.9. The van der Waals surface area contributed by atoms with Crippen molar-refractivity contribution in [3.63, 3.8) is 0 Å². The van der Waals surface area contributed by atoms with E-state index in [1.165, 1.54) is 0 Å². The predicted molar refractivity (Wildman–Crippen MR) is 98.2 cm³/mol. The number of imidazole rings is 2. The summed E-state index contributed by atoms with van der Waals surface area (Å²) in [6.07, 6.45) is 5.07. The molecule has 1 amide bonds. The average Bonchev–Trinajstić information content (AvgIpc) is 3.27. The number of benzene rings is 1. The molecule has 0 spiro atoms. The van der Waals surface area contributed by atoms with Crippen LogP contribution in [0, 0.1) is 0 Å². The maximum Gasteiger partial charge on any atom is 0.287 e. The number of hydrogen-bond acceptors (Lipinski definition) is 4. The number of amides is 1. The number of aromatic nitrogens is 5. The summed E-state index contributed by atoms with van der Waals surface area (Å²) in [6, 6.07) is 11.2. The molecule has 1 aromatic carbocycles. The summed E-state index contributed by atoms with van der Waals surface area (Å²) in [5, 5.41) is 7.68. The number of hydrogen-bond donors (Lipinski definition) is 1. The molecule has 0 aliphatic rings. The number of halogens is 1. The summed E-state index contributed by atoms with van der Waals surface area (Å²) < 4.78 is 3.55. The normalized spacial score (nSPS) is 11.0. The molecule has 3 heterocycles. The van der Waals surface area contributed by atoms with Crippen molar-refractivity contribution >= 4 is 23.2 Å². The highest BCUT2D eigenvalue weighted by Gasteiger charge is 2.18. The van der Waals surface area contributed by atoms with Gasteiger partial charge < -0.3 is 9.88 Å². The molecule has 0 saturated carbocycles. The van der Waals surface area contributed by atoms with Gasteiger partial charge in [-0.2, -0.15) is 5.10 Å². The van der Waals surface area contributed by atoms with Crippen LogP contribution in [0.4, 0.5) is 0 Å². The first kappa shape index (κ1) is 16.3. The molecule has 26 heavy (non-hydrogen) atoms. The van der Waals surface area contributed by atoms with Crippen molar-refractivity contribution in [1.29, 1.82) is 0 Å². The molecule has 4 rings (SSSR count). The van der Waals surface area contributed by atoms with Gasteiger partial charge in [0.05, 0.1) is 17.9 Å². The molecule has 0 bridgehead atoms. The molecule has 0 aliphatic heterocycles. The van der Waals surface area contributed by atoms with Crippen LogP contribution in [-0.4, -0.2) is 37.1 Å². The van der Waals surface area contributed by atoms with Crippen LogP contribution in [0.3, 0.4) is 0 Å². The Bertz CT molecular complexity index is 1080. The molecule has 3 aromatic heterocycles. The van der Waals surface area contributed by atoms with Crippen molar-refractivity contribution in [2.75, 3.05) is 7.05 Å². The maximum atomic E-state index is 12.0. The van der Waals surface area contributed by atoms with Crippen molar-refractivity contribution in [3.05, 3.63) is 71.5 Å². The first-order chi connectivity index (χ1) is 12.7. The number of fused-ring (bicyclic) bond motifs is 1. The lowest BCUT2D eigenvalue weighted by Crippen LogP contribution is -2.23. The molecule has 0 atom stereocenters. The molecule has 1 N–H and O–H groups in total. The number of nitrogens with one attached hydrogen (secondary N) is 1. The first-order valence-electron chi connectivity index (χ1n) is 7.99. The Balaban J connectivity index is 1.86. The van der Waals surface area contributed by atoms with E-state index in [2.05, 4.69) is 15.4 Å². The third-order valence-corrected chi connectivity index (χ3v) is 4.32. The van der Waals surface area contributed by atoms with Gasteiger partial charge >= 0.3 is 0 Å². The van der Waals surface area contributed by atoms with Gasteiger partial charge in [0.1, 0.15) is 0 Å². The van der Waals surface area contributed by atoms with Crippen molar-refractivity contribution in [1.82, 2.24) is 29.5 Å². The van der Waals surface area contributed by atoms with E-state index in [0.717, 1.165) is 22.6 Å². The standard InChI is InChI=1S/C18H15ClN6O/c1-20-18(26)17-21-9-10-24(17)11-14-16(12-4-6-13(19)7-5-12)23-15-3-2-8-22-25(14)15/h2-10H,11H2,1H3,(H,20,26). The molecule has 7 nitrogen and oxygen atoms in total. The Labute approximate surface area is 154 Å². The van der Waals surface area contributed by atoms with Crippen LogP contribution in [0.25, 0.3) is 16.9 Å². The van der Waals surface area contributed by atoms with Crippen LogP contribution in [0.1, 0.15) is 16.3 Å². The molecule has 4 aromatic rings. The zero-order valence-corrected chi connectivity index (χ0v) is 14.7.